The van der Waals surface area contributed by atoms with Gasteiger partial charge in [0.15, 0.2) is 0 Å². The van der Waals surface area contributed by atoms with E-state index in [1.807, 2.05) is 0 Å². The van der Waals surface area contributed by atoms with Crippen LogP contribution in [0.4, 0.5) is 0 Å². The van der Waals surface area contributed by atoms with Crippen LogP contribution >= 0.6 is 0 Å². The highest BCUT2D eigenvalue weighted by molar-refractivity contribution is 6.22. The maximum atomic E-state index is 7.07. The molecule has 0 spiro atoms. The lowest BCUT2D eigenvalue weighted by Gasteiger charge is -2.24. The summed E-state index contributed by atoms with van der Waals surface area (Å²) in [5.41, 5.74) is 13.6. The van der Waals surface area contributed by atoms with Gasteiger partial charge >= 0.3 is 0 Å². The van der Waals surface area contributed by atoms with Crippen molar-refractivity contribution in [2.24, 2.45) is 0 Å². The molecule has 7 aromatic carbocycles. The smallest absolute Gasteiger partial charge is 0.149 e. The van der Waals surface area contributed by atoms with Crippen molar-refractivity contribution in [3.8, 4) is 28.2 Å². The lowest BCUT2D eigenvalue weighted by molar-refractivity contribution is 0.673. The van der Waals surface area contributed by atoms with Gasteiger partial charge < -0.3 is 4.42 Å². The van der Waals surface area contributed by atoms with Crippen molar-refractivity contribution >= 4 is 54.5 Å². The van der Waals surface area contributed by atoms with E-state index in [0.717, 1.165) is 49.7 Å². The Bertz CT molecular complexity index is 2750. The van der Waals surface area contributed by atoms with Crippen LogP contribution < -0.4 is 0 Å². The van der Waals surface area contributed by atoms with Crippen LogP contribution in [0.5, 0.6) is 0 Å². The Balaban J connectivity index is 1.37. The van der Waals surface area contributed by atoms with Gasteiger partial charge in [-0.15, -0.1) is 0 Å². The third-order valence-corrected chi connectivity index (χ3v) is 10.5. The molecule has 0 saturated heterocycles. The van der Waals surface area contributed by atoms with Crippen molar-refractivity contribution in [1.29, 1.82) is 0 Å². The van der Waals surface area contributed by atoms with Crippen LogP contribution in [0.3, 0.4) is 0 Å². The molecule has 0 aliphatic heterocycles. The maximum Gasteiger partial charge on any atom is 0.149 e. The zero-order valence-electron chi connectivity index (χ0n) is 29.5. The number of nitrogens with zero attached hydrogens (tertiary/aromatic N) is 2. The van der Waals surface area contributed by atoms with Crippen molar-refractivity contribution in [3.63, 3.8) is 0 Å². The Morgan fingerprint density at radius 2 is 1.26 bits per heavy atom. The Hall–Kier alpha value is -5.67. The Labute approximate surface area is 292 Å². The number of hydrogen-bond donors (Lipinski definition) is 0. The van der Waals surface area contributed by atoms with Gasteiger partial charge in [-0.1, -0.05) is 112 Å². The van der Waals surface area contributed by atoms with E-state index in [0.29, 0.717) is 0 Å². The number of rotatable bonds is 5. The summed E-state index contributed by atoms with van der Waals surface area (Å²) in [6, 6.07) is 44.2. The van der Waals surface area contributed by atoms with Crippen LogP contribution in [0.2, 0.25) is 0 Å². The van der Waals surface area contributed by atoms with E-state index in [-0.39, 0.29) is 11.8 Å². The minimum absolute atomic E-state index is 0.286. The number of hydrogen-bond acceptors (Lipinski definition) is 2. The van der Waals surface area contributed by atoms with Crippen molar-refractivity contribution in [3.05, 3.63) is 144 Å². The van der Waals surface area contributed by atoms with E-state index < -0.39 is 0 Å². The molecule has 0 bridgehead atoms. The highest BCUT2D eigenvalue weighted by atomic mass is 16.3. The van der Waals surface area contributed by atoms with Gasteiger partial charge in [0.1, 0.15) is 17.0 Å². The predicted molar refractivity (Wildman–Crippen MR) is 212 cm³/mol. The van der Waals surface area contributed by atoms with Gasteiger partial charge in [0.05, 0.1) is 22.3 Å². The van der Waals surface area contributed by atoms with E-state index >= 15 is 0 Å². The fourth-order valence-corrected chi connectivity index (χ4v) is 7.99. The zero-order valence-corrected chi connectivity index (χ0v) is 29.5. The number of fused-ring (bicyclic) bond motifs is 8. The molecular weight excluding hydrogens is 609 g/mol. The first-order chi connectivity index (χ1) is 24.3. The van der Waals surface area contributed by atoms with E-state index in [1.165, 1.54) is 55.2 Å². The van der Waals surface area contributed by atoms with E-state index in [1.54, 1.807) is 0 Å². The summed E-state index contributed by atoms with van der Waals surface area (Å²) >= 11 is 0. The second kappa shape index (κ2) is 11.5. The Morgan fingerprint density at radius 3 is 2.02 bits per heavy atom. The van der Waals surface area contributed by atoms with Crippen molar-refractivity contribution in [2.45, 2.75) is 53.4 Å². The summed E-state index contributed by atoms with van der Waals surface area (Å²) in [5, 5.41) is 7.12. The first-order valence-corrected chi connectivity index (χ1v) is 17.8. The van der Waals surface area contributed by atoms with Gasteiger partial charge in [0, 0.05) is 16.2 Å². The molecule has 9 rings (SSSR count). The van der Waals surface area contributed by atoms with Gasteiger partial charge in [-0.2, -0.15) is 0 Å². The average Bonchev–Trinajstić information content (AvgIpc) is 3.71. The summed E-state index contributed by atoms with van der Waals surface area (Å²) in [7, 11) is 0. The minimum atomic E-state index is 0.286. The van der Waals surface area contributed by atoms with Crippen molar-refractivity contribution in [1.82, 2.24) is 9.55 Å². The lowest BCUT2D eigenvalue weighted by atomic mass is 9.88. The fourth-order valence-electron chi connectivity index (χ4n) is 7.99. The fraction of sp³-hybridized carbons (Fsp3) is 0.170. The van der Waals surface area contributed by atoms with Gasteiger partial charge in [-0.05, 0) is 112 Å². The lowest BCUT2D eigenvalue weighted by Crippen LogP contribution is -2.09. The van der Waals surface area contributed by atoms with E-state index in [9.17, 15) is 0 Å². The first-order valence-electron chi connectivity index (χ1n) is 17.8. The van der Waals surface area contributed by atoms with Crippen LogP contribution in [0.25, 0.3) is 82.7 Å². The van der Waals surface area contributed by atoms with Crippen molar-refractivity contribution < 1.29 is 4.42 Å². The van der Waals surface area contributed by atoms with E-state index in [4.69, 9.17) is 9.40 Å². The third-order valence-electron chi connectivity index (χ3n) is 10.5. The normalized spacial score (nSPS) is 12.2. The molecule has 244 valence electrons. The van der Waals surface area contributed by atoms with Crippen molar-refractivity contribution in [2.75, 3.05) is 0 Å². The third kappa shape index (κ3) is 4.60. The number of furan rings is 1. The van der Waals surface area contributed by atoms with Crippen LogP contribution in [0.1, 0.15) is 61.8 Å². The molecule has 0 fully saturated rings. The van der Waals surface area contributed by atoms with Gasteiger partial charge in [-0.25, -0.2) is 4.98 Å². The molecule has 0 atom stereocenters. The molecule has 3 nitrogen and oxygen atoms in total. The molecule has 0 aliphatic rings. The molecule has 2 aromatic heterocycles. The monoisotopic (exact) mass is 648 g/mol. The molecule has 0 radical (unpaired) electrons. The van der Waals surface area contributed by atoms with Gasteiger partial charge in [-0.3, -0.25) is 4.57 Å². The maximum absolute atomic E-state index is 7.07. The predicted octanol–water partition coefficient (Wildman–Crippen LogP) is 13.4. The molecule has 0 amide bonds. The number of benzene rings is 7. The number of aryl methyl sites for hydroxylation is 2. The standard InChI is InChI=1S/C47H40N2O/c1-27(2)39-25-33(31-12-8-7-9-13-31)26-40(28(3)4)44(39)49-42-15-11-10-14-41(42)48-47(49)38-20-17-30(6)43-37-23-22-35-34-19-16-29(5)24-32(34)18-21-36(35)45(37)50-46(38)43/h7-28H,1-6H3. The quantitative estimate of drug-likeness (QED) is 0.174. The molecule has 2 heterocycles. The summed E-state index contributed by atoms with van der Waals surface area (Å²) in [6.07, 6.45) is 0. The summed E-state index contributed by atoms with van der Waals surface area (Å²) in [6.45, 7) is 13.5. The molecular formula is C47H40N2O. The topological polar surface area (TPSA) is 31.0 Å². The number of aromatic nitrogens is 2. The van der Waals surface area contributed by atoms with Gasteiger partial charge in [0.25, 0.3) is 0 Å². The molecule has 0 unspecified atom stereocenters. The number of imidazole rings is 1. The minimum Gasteiger partial charge on any atom is -0.455 e. The highest BCUT2D eigenvalue weighted by Gasteiger charge is 2.26. The molecule has 0 saturated carbocycles. The molecule has 0 N–H and O–H groups in total. The molecule has 50 heavy (non-hydrogen) atoms. The summed E-state index contributed by atoms with van der Waals surface area (Å²) < 4.78 is 9.49. The summed E-state index contributed by atoms with van der Waals surface area (Å²) in [5.74, 6) is 1.47. The SMILES string of the molecule is Cc1ccc2c(ccc3c2ccc2c3oc3c(-c4nc5ccccc5n4-c4c(C(C)C)cc(-c5ccccc5)cc4C(C)C)ccc(C)c32)c1. The molecule has 3 heteroatoms. The molecule has 9 aromatic rings. The summed E-state index contributed by atoms with van der Waals surface area (Å²) in [4.78, 5) is 5.41. The average molecular weight is 649 g/mol. The van der Waals surface area contributed by atoms with E-state index in [2.05, 4.69) is 167 Å². The second-order valence-corrected chi connectivity index (χ2v) is 14.5. The molecule has 0 aliphatic carbocycles. The van der Waals surface area contributed by atoms with Crippen LogP contribution in [0, 0.1) is 13.8 Å². The van der Waals surface area contributed by atoms with Crippen LogP contribution in [0.15, 0.2) is 126 Å². The second-order valence-electron chi connectivity index (χ2n) is 14.5. The van der Waals surface area contributed by atoms with Gasteiger partial charge in [0.2, 0.25) is 0 Å². The van der Waals surface area contributed by atoms with Crippen LogP contribution in [-0.2, 0) is 0 Å². The Kier molecular flexibility index (Phi) is 6.96. The highest BCUT2D eigenvalue weighted by Crippen LogP contribution is 2.45. The largest absolute Gasteiger partial charge is 0.455 e. The first kappa shape index (κ1) is 30.4. The van der Waals surface area contributed by atoms with Crippen LogP contribution in [-0.4, -0.2) is 9.55 Å². The zero-order chi connectivity index (χ0) is 34.3. The number of para-hydroxylation sites is 2. The Morgan fingerprint density at radius 1 is 0.580 bits per heavy atom.